The van der Waals surface area contributed by atoms with Crippen LogP contribution in [0.4, 0.5) is 11.4 Å². The van der Waals surface area contributed by atoms with E-state index in [1.807, 2.05) is 76.2 Å². The second-order valence-corrected chi connectivity index (χ2v) is 9.50. The molecule has 2 N–H and O–H groups in total. The molecule has 0 heterocycles. The van der Waals surface area contributed by atoms with Crippen LogP contribution in [0.3, 0.4) is 0 Å². The zero-order valence-corrected chi connectivity index (χ0v) is 22.0. The van der Waals surface area contributed by atoms with E-state index < -0.39 is 0 Å². The Morgan fingerprint density at radius 3 is 1.25 bits per heavy atom. The molecule has 0 bridgehead atoms. The van der Waals surface area contributed by atoms with Gasteiger partial charge in [0.25, 0.3) is 0 Å². The van der Waals surface area contributed by atoms with Gasteiger partial charge in [0.15, 0.2) is 0 Å². The van der Waals surface area contributed by atoms with Crippen molar-refractivity contribution in [2.24, 2.45) is 9.98 Å². The van der Waals surface area contributed by atoms with Crippen LogP contribution in [0.2, 0.25) is 10.0 Å². The Morgan fingerprint density at radius 2 is 0.917 bits per heavy atom. The molecule has 0 aromatic heterocycles. The highest BCUT2D eigenvalue weighted by molar-refractivity contribution is 6.33. The van der Waals surface area contributed by atoms with E-state index in [-0.39, 0.29) is 11.5 Å². The Balaban J connectivity index is 1.50. The summed E-state index contributed by atoms with van der Waals surface area (Å²) in [5, 5.41) is 21.8. The monoisotopic (exact) mass is 516 g/mol. The van der Waals surface area contributed by atoms with Crippen molar-refractivity contribution in [3.63, 3.8) is 0 Å². The molecular weight excluding hydrogens is 491 g/mol. The number of hydrogen-bond donors (Lipinski definition) is 2. The largest absolute Gasteiger partial charge is 0.507 e. The number of benzene rings is 4. The van der Waals surface area contributed by atoms with E-state index in [2.05, 4.69) is 9.98 Å². The smallest absolute Gasteiger partial charge is 0.124 e. The molecule has 0 atom stereocenters. The quantitative estimate of drug-likeness (QED) is 0.260. The third-order valence-electron chi connectivity index (χ3n) is 6.17. The van der Waals surface area contributed by atoms with E-state index in [0.29, 0.717) is 21.2 Å². The van der Waals surface area contributed by atoms with E-state index in [1.54, 1.807) is 24.6 Å². The number of hydrogen-bond acceptors (Lipinski definition) is 4. The molecule has 6 heteroatoms. The lowest BCUT2D eigenvalue weighted by atomic mass is 10.0. The first-order valence-electron chi connectivity index (χ1n) is 11.4. The fourth-order valence-electron chi connectivity index (χ4n) is 3.99. The number of halogens is 2. The van der Waals surface area contributed by atoms with E-state index in [4.69, 9.17) is 23.2 Å². The minimum absolute atomic E-state index is 0.161. The van der Waals surface area contributed by atoms with Crippen molar-refractivity contribution in [3.8, 4) is 22.6 Å². The van der Waals surface area contributed by atoms with E-state index in [1.165, 1.54) is 0 Å². The second-order valence-electron chi connectivity index (χ2n) is 8.74. The molecule has 4 aromatic carbocycles. The maximum atomic E-state index is 10.3. The Bertz CT molecular complexity index is 1370. The van der Waals surface area contributed by atoms with Gasteiger partial charge in [-0.05, 0) is 97.5 Å². The average molecular weight is 517 g/mol. The molecule has 0 saturated heterocycles. The van der Waals surface area contributed by atoms with E-state index >= 15 is 0 Å². The zero-order valence-electron chi connectivity index (χ0n) is 20.5. The summed E-state index contributed by atoms with van der Waals surface area (Å²) < 4.78 is 0. The van der Waals surface area contributed by atoms with Gasteiger partial charge in [0.1, 0.15) is 11.5 Å². The maximum Gasteiger partial charge on any atom is 0.124 e. The highest BCUT2D eigenvalue weighted by Crippen LogP contribution is 2.32. The number of aromatic hydroxyl groups is 2. The van der Waals surface area contributed by atoms with Crippen molar-refractivity contribution in [1.82, 2.24) is 0 Å². The van der Waals surface area contributed by atoms with Crippen LogP contribution in [0, 0.1) is 27.7 Å². The average Bonchev–Trinajstić information content (AvgIpc) is 2.86. The molecule has 182 valence electrons. The summed E-state index contributed by atoms with van der Waals surface area (Å²) in [6.07, 6.45) is 3.27. The molecule has 0 saturated carbocycles. The minimum atomic E-state index is 0.161. The van der Waals surface area contributed by atoms with Gasteiger partial charge < -0.3 is 10.2 Å². The van der Waals surface area contributed by atoms with E-state index in [0.717, 1.165) is 44.8 Å². The Hall–Kier alpha value is -3.60. The van der Waals surface area contributed by atoms with Crippen molar-refractivity contribution in [2.75, 3.05) is 0 Å². The zero-order chi connectivity index (χ0) is 26.0. The van der Waals surface area contributed by atoms with Gasteiger partial charge in [-0.3, -0.25) is 9.98 Å². The number of aliphatic imine (C=N–C) groups is 2. The van der Waals surface area contributed by atoms with Crippen LogP contribution in [0.1, 0.15) is 33.4 Å². The lowest BCUT2D eigenvalue weighted by molar-refractivity contribution is 0.473. The summed E-state index contributed by atoms with van der Waals surface area (Å²) in [5.41, 5.74) is 8.10. The molecule has 0 unspecified atom stereocenters. The Kier molecular flexibility index (Phi) is 7.48. The summed E-state index contributed by atoms with van der Waals surface area (Å²) in [4.78, 5) is 9.01. The first kappa shape index (κ1) is 25.5. The van der Waals surface area contributed by atoms with Crippen LogP contribution in [0.15, 0.2) is 70.6 Å². The predicted molar refractivity (Wildman–Crippen MR) is 152 cm³/mol. The molecule has 0 aliphatic heterocycles. The van der Waals surface area contributed by atoms with Crippen LogP contribution >= 0.6 is 23.2 Å². The standard InChI is InChI=1S/C30H26Cl2N2O2/c1-17-13-27(35)25(19(3)29(17)31)15-33-23-9-5-21(6-10-23)22-7-11-24(12-8-22)34-16-26-20(4)30(32)18(2)14-28(26)36/h5-16,35-36H,1-4H3. The molecule has 0 aliphatic rings. The molecule has 36 heavy (non-hydrogen) atoms. The van der Waals surface area contributed by atoms with Crippen molar-refractivity contribution in [2.45, 2.75) is 27.7 Å². The third-order valence-corrected chi connectivity index (χ3v) is 7.33. The van der Waals surface area contributed by atoms with Crippen molar-refractivity contribution in [1.29, 1.82) is 0 Å². The molecule has 0 radical (unpaired) electrons. The van der Waals surface area contributed by atoms with Crippen molar-refractivity contribution >= 4 is 47.0 Å². The molecule has 0 aliphatic carbocycles. The molecule has 0 fully saturated rings. The van der Waals surface area contributed by atoms with Crippen LogP contribution in [0.25, 0.3) is 11.1 Å². The molecule has 0 amide bonds. The van der Waals surface area contributed by atoms with Crippen LogP contribution in [-0.4, -0.2) is 22.6 Å². The van der Waals surface area contributed by atoms with Gasteiger partial charge in [-0.15, -0.1) is 0 Å². The molecule has 4 rings (SSSR count). The predicted octanol–water partition coefficient (Wildman–Crippen LogP) is 8.81. The fourth-order valence-corrected chi connectivity index (χ4v) is 4.30. The topological polar surface area (TPSA) is 65.2 Å². The highest BCUT2D eigenvalue weighted by Gasteiger charge is 2.11. The number of rotatable bonds is 5. The summed E-state index contributed by atoms with van der Waals surface area (Å²) in [7, 11) is 0. The SMILES string of the molecule is Cc1cc(O)c(C=Nc2ccc(-c3ccc(N=Cc4c(O)cc(C)c(Cl)c4C)cc3)cc2)c(C)c1Cl. The third kappa shape index (κ3) is 5.30. The van der Waals surface area contributed by atoms with Crippen molar-refractivity contribution in [3.05, 3.63) is 104 Å². The number of aryl methyl sites for hydroxylation is 2. The lowest BCUT2D eigenvalue weighted by Gasteiger charge is -2.09. The first-order chi connectivity index (χ1) is 17.2. The van der Waals surface area contributed by atoms with Gasteiger partial charge in [-0.2, -0.15) is 0 Å². The van der Waals surface area contributed by atoms with Gasteiger partial charge in [0.2, 0.25) is 0 Å². The van der Waals surface area contributed by atoms with Crippen molar-refractivity contribution < 1.29 is 10.2 Å². The number of phenolic OH excluding ortho intramolecular Hbond substituents is 2. The van der Waals surface area contributed by atoms with Gasteiger partial charge in [-0.1, -0.05) is 47.5 Å². The Labute approximate surface area is 221 Å². The maximum absolute atomic E-state index is 10.3. The highest BCUT2D eigenvalue weighted by atomic mass is 35.5. The Morgan fingerprint density at radius 1 is 0.583 bits per heavy atom. The lowest BCUT2D eigenvalue weighted by Crippen LogP contribution is -1.92. The molecule has 4 aromatic rings. The first-order valence-corrected chi connectivity index (χ1v) is 12.2. The van der Waals surface area contributed by atoms with Gasteiger partial charge in [0, 0.05) is 33.6 Å². The van der Waals surface area contributed by atoms with Crippen LogP contribution in [0.5, 0.6) is 11.5 Å². The summed E-state index contributed by atoms with van der Waals surface area (Å²) in [6.45, 7) is 7.46. The summed E-state index contributed by atoms with van der Waals surface area (Å²) >= 11 is 12.6. The normalized spacial score (nSPS) is 11.6. The molecule has 4 nitrogen and oxygen atoms in total. The van der Waals surface area contributed by atoms with Gasteiger partial charge in [-0.25, -0.2) is 0 Å². The minimum Gasteiger partial charge on any atom is -0.507 e. The molecule has 0 spiro atoms. The van der Waals surface area contributed by atoms with Crippen LogP contribution < -0.4 is 0 Å². The second kappa shape index (κ2) is 10.6. The van der Waals surface area contributed by atoms with Gasteiger partial charge in [0.05, 0.1) is 11.4 Å². The van der Waals surface area contributed by atoms with Crippen LogP contribution in [-0.2, 0) is 0 Å². The number of phenols is 2. The summed E-state index contributed by atoms with van der Waals surface area (Å²) in [5.74, 6) is 0.321. The molecular formula is C30H26Cl2N2O2. The van der Waals surface area contributed by atoms with E-state index in [9.17, 15) is 10.2 Å². The fraction of sp³-hybridized carbons (Fsp3) is 0.133. The summed E-state index contributed by atoms with van der Waals surface area (Å²) in [6, 6.07) is 19.0. The number of nitrogens with zero attached hydrogens (tertiary/aromatic N) is 2. The van der Waals surface area contributed by atoms with Gasteiger partial charge >= 0.3 is 0 Å².